The van der Waals surface area contributed by atoms with Gasteiger partial charge in [0, 0.05) is 17.4 Å². The van der Waals surface area contributed by atoms with Crippen molar-refractivity contribution < 1.29 is 9.53 Å². The Labute approximate surface area is 120 Å². The highest BCUT2D eigenvalue weighted by Crippen LogP contribution is 2.37. The number of methoxy groups -OCH3 is 1. The standard InChI is InChI=1S/C16H24N2O2/c1-16(2)11-5-4-6-14(16)17-12-7-9-13(10-8-12)18-15(19)20-3/h7-10,14,17H,4-6,11H2,1-3H3,(H,18,19). The van der Waals surface area contributed by atoms with Gasteiger partial charge in [-0.15, -0.1) is 0 Å². The number of amides is 1. The van der Waals surface area contributed by atoms with E-state index in [0.29, 0.717) is 11.5 Å². The molecule has 1 aliphatic rings. The first-order valence-electron chi connectivity index (χ1n) is 7.23. The second-order valence-corrected chi connectivity index (χ2v) is 6.13. The predicted octanol–water partition coefficient (Wildman–Crippen LogP) is 4.25. The van der Waals surface area contributed by atoms with Crippen molar-refractivity contribution in [3.05, 3.63) is 24.3 Å². The van der Waals surface area contributed by atoms with E-state index in [2.05, 4.69) is 29.2 Å². The summed E-state index contributed by atoms with van der Waals surface area (Å²) in [5.41, 5.74) is 2.17. The number of benzene rings is 1. The Morgan fingerprint density at radius 2 is 1.85 bits per heavy atom. The number of hydrogen-bond donors (Lipinski definition) is 2. The lowest BCUT2D eigenvalue weighted by Gasteiger charge is -2.39. The Bertz CT molecular complexity index is 454. The van der Waals surface area contributed by atoms with Gasteiger partial charge < -0.3 is 10.1 Å². The molecule has 2 N–H and O–H groups in total. The zero-order chi connectivity index (χ0) is 14.6. The van der Waals surface area contributed by atoms with Gasteiger partial charge in [-0.3, -0.25) is 5.32 Å². The van der Waals surface area contributed by atoms with Gasteiger partial charge in [0.15, 0.2) is 0 Å². The van der Waals surface area contributed by atoms with E-state index >= 15 is 0 Å². The number of carbonyl (C=O) groups excluding carboxylic acids is 1. The Morgan fingerprint density at radius 3 is 2.45 bits per heavy atom. The summed E-state index contributed by atoms with van der Waals surface area (Å²) in [5, 5.41) is 6.27. The first kappa shape index (κ1) is 14.7. The van der Waals surface area contributed by atoms with Gasteiger partial charge in [-0.2, -0.15) is 0 Å². The van der Waals surface area contributed by atoms with E-state index in [1.165, 1.54) is 32.8 Å². The molecule has 0 heterocycles. The fourth-order valence-electron chi connectivity index (χ4n) is 2.78. The summed E-state index contributed by atoms with van der Waals surface area (Å²) in [5.74, 6) is 0. The highest BCUT2D eigenvalue weighted by molar-refractivity contribution is 5.84. The number of rotatable bonds is 3. The molecule has 4 nitrogen and oxygen atoms in total. The predicted molar refractivity (Wildman–Crippen MR) is 82.1 cm³/mol. The molecule has 0 spiro atoms. The first-order valence-corrected chi connectivity index (χ1v) is 7.23. The average Bonchev–Trinajstić information content (AvgIpc) is 2.43. The second kappa shape index (κ2) is 6.16. The molecule has 0 radical (unpaired) electrons. The molecule has 20 heavy (non-hydrogen) atoms. The average molecular weight is 276 g/mol. The van der Waals surface area contributed by atoms with Crippen molar-refractivity contribution in [2.75, 3.05) is 17.7 Å². The van der Waals surface area contributed by atoms with Crippen LogP contribution in [0.15, 0.2) is 24.3 Å². The molecule has 1 fully saturated rings. The second-order valence-electron chi connectivity index (χ2n) is 6.13. The molecule has 110 valence electrons. The van der Waals surface area contributed by atoms with E-state index in [1.807, 2.05) is 24.3 Å². The molecule has 0 aromatic heterocycles. The highest BCUT2D eigenvalue weighted by atomic mass is 16.5. The molecule has 1 aromatic carbocycles. The Morgan fingerprint density at radius 1 is 1.20 bits per heavy atom. The molecule has 0 bridgehead atoms. The van der Waals surface area contributed by atoms with Crippen LogP contribution < -0.4 is 10.6 Å². The van der Waals surface area contributed by atoms with E-state index in [4.69, 9.17) is 0 Å². The molecule has 1 atom stereocenters. The van der Waals surface area contributed by atoms with Crippen molar-refractivity contribution in [1.82, 2.24) is 0 Å². The number of anilines is 2. The van der Waals surface area contributed by atoms with Crippen LogP contribution in [0.1, 0.15) is 39.5 Å². The van der Waals surface area contributed by atoms with Gasteiger partial charge in [0.1, 0.15) is 0 Å². The van der Waals surface area contributed by atoms with Crippen LogP contribution in [0.3, 0.4) is 0 Å². The van der Waals surface area contributed by atoms with Crippen LogP contribution in [0.25, 0.3) is 0 Å². The summed E-state index contributed by atoms with van der Waals surface area (Å²) in [7, 11) is 1.36. The maximum absolute atomic E-state index is 11.1. The highest BCUT2D eigenvalue weighted by Gasteiger charge is 2.31. The minimum Gasteiger partial charge on any atom is -0.453 e. The van der Waals surface area contributed by atoms with E-state index < -0.39 is 6.09 Å². The van der Waals surface area contributed by atoms with Gasteiger partial charge >= 0.3 is 6.09 Å². The summed E-state index contributed by atoms with van der Waals surface area (Å²) in [6.45, 7) is 4.66. The summed E-state index contributed by atoms with van der Waals surface area (Å²) in [4.78, 5) is 11.1. The molecule has 4 heteroatoms. The maximum atomic E-state index is 11.1. The lowest BCUT2D eigenvalue weighted by Crippen LogP contribution is -2.38. The topological polar surface area (TPSA) is 50.4 Å². The Hall–Kier alpha value is -1.71. The van der Waals surface area contributed by atoms with E-state index in [0.717, 1.165) is 11.4 Å². The number of carbonyl (C=O) groups is 1. The summed E-state index contributed by atoms with van der Waals surface area (Å²) < 4.78 is 4.57. The van der Waals surface area contributed by atoms with Crippen LogP contribution in [-0.2, 0) is 4.74 Å². The monoisotopic (exact) mass is 276 g/mol. The molecule has 1 unspecified atom stereocenters. The van der Waals surface area contributed by atoms with Gasteiger partial charge in [0.25, 0.3) is 0 Å². The normalized spacial score (nSPS) is 21.1. The molecule has 1 aromatic rings. The lowest BCUT2D eigenvalue weighted by atomic mass is 9.73. The Kier molecular flexibility index (Phi) is 4.53. The number of nitrogens with one attached hydrogen (secondary N) is 2. The van der Waals surface area contributed by atoms with Crippen molar-refractivity contribution in [2.24, 2.45) is 5.41 Å². The quantitative estimate of drug-likeness (QED) is 0.868. The minimum absolute atomic E-state index is 0.335. The van der Waals surface area contributed by atoms with Crippen LogP contribution in [0.2, 0.25) is 0 Å². The third-order valence-electron chi connectivity index (χ3n) is 4.16. The van der Waals surface area contributed by atoms with Crippen molar-refractivity contribution in [1.29, 1.82) is 0 Å². The Balaban J connectivity index is 1.98. The molecule has 0 aliphatic heterocycles. The van der Waals surface area contributed by atoms with Gasteiger partial charge in [-0.05, 0) is 42.5 Å². The summed E-state index contributed by atoms with van der Waals surface area (Å²) in [6.07, 6.45) is 4.66. The molecule has 0 saturated heterocycles. The SMILES string of the molecule is COC(=O)Nc1ccc(NC2CCCCC2(C)C)cc1. The third kappa shape index (κ3) is 3.65. The van der Waals surface area contributed by atoms with Gasteiger partial charge in [-0.25, -0.2) is 4.79 Å². The van der Waals surface area contributed by atoms with Crippen LogP contribution in [0.5, 0.6) is 0 Å². The fraction of sp³-hybridized carbons (Fsp3) is 0.562. The lowest BCUT2D eigenvalue weighted by molar-refractivity contribution is 0.187. The van der Waals surface area contributed by atoms with E-state index in [-0.39, 0.29) is 0 Å². The van der Waals surface area contributed by atoms with Crippen LogP contribution in [-0.4, -0.2) is 19.2 Å². The van der Waals surface area contributed by atoms with E-state index in [1.54, 1.807) is 0 Å². The first-order chi connectivity index (χ1) is 9.51. The molecule has 2 rings (SSSR count). The number of hydrogen-bond acceptors (Lipinski definition) is 3. The zero-order valence-electron chi connectivity index (χ0n) is 12.5. The fourth-order valence-corrected chi connectivity index (χ4v) is 2.78. The molecule has 1 aliphatic carbocycles. The maximum Gasteiger partial charge on any atom is 0.411 e. The van der Waals surface area contributed by atoms with E-state index in [9.17, 15) is 4.79 Å². The largest absolute Gasteiger partial charge is 0.453 e. The third-order valence-corrected chi connectivity index (χ3v) is 4.16. The molecular weight excluding hydrogens is 252 g/mol. The van der Waals surface area contributed by atoms with Crippen molar-refractivity contribution >= 4 is 17.5 Å². The van der Waals surface area contributed by atoms with Crippen molar-refractivity contribution in [3.63, 3.8) is 0 Å². The van der Waals surface area contributed by atoms with Gasteiger partial charge in [-0.1, -0.05) is 26.7 Å². The van der Waals surface area contributed by atoms with Crippen molar-refractivity contribution in [3.8, 4) is 0 Å². The smallest absolute Gasteiger partial charge is 0.411 e. The van der Waals surface area contributed by atoms with Gasteiger partial charge in [0.05, 0.1) is 7.11 Å². The van der Waals surface area contributed by atoms with Crippen LogP contribution in [0.4, 0.5) is 16.2 Å². The van der Waals surface area contributed by atoms with Gasteiger partial charge in [0.2, 0.25) is 0 Å². The van der Waals surface area contributed by atoms with Crippen molar-refractivity contribution in [2.45, 2.75) is 45.6 Å². The zero-order valence-corrected chi connectivity index (χ0v) is 12.5. The molecule has 1 amide bonds. The summed E-state index contributed by atoms with van der Waals surface area (Å²) in [6, 6.07) is 8.27. The molecule has 1 saturated carbocycles. The molecular formula is C16H24N2O2. The summed E-state index contributed by atoms with van der Waals surface area (Å²) >= 11 is 0. The number of ether oxygens (including phenoxy) is 1. The minimum atomic E-state index is -0.445. The van der Waals surface area contributed by atoms with Crippen LogP contribution in [0, 0.1) is 5.41 Å². The van der Waals surface area contributed by atoms with Crippen LogP contribution >= 0.6 is 0 Å².